The number of rotatable bonds is 5. The first-order valence-corrected chi connectivity index (χ1v) is 12.5. The molecular formula is C25H25N5O3S. The van der Waals surface area contributed by atoms with Gasteiger partial charge in [-0.15, -0.1) is 0 Å². The summed E-state index contributed by atoms with van der Waals surface area (Å²) in [6.07, 6.45) is 3.72. The van der Waals surface area contributed by atoms with Crippen LogP contribution in [0.25, 0.3) is 16.9 Å². The molecule has 4 aromatic rings. The van der Waals surface area contributed by atoms with E-state index in [0.717, 1.165) is 11.3 Å². The van der Waals surface area contributed by atoms with Crippen molar-refractivity contribution in [2.24, 2.45) is 0 Å². The van der Waals surface area contributed by atoms with Crippen LogP contribution in [0, 0.1) is 0 Å². The summed E-state index contributed by atoms with van der Waals surface area (Å²) < 4.78 is 29.2. The Labute approximate surface area is 198 Å². The smallest absolute Gasteiger partial charge is 0.255 e. The van der Waals surface area contributed by atoms with E-state index in [1.54, 1.807) is 30.5 Å². The third-order valence-corrected chi connectivity index (χ3v) is 7.92. The molecule has 174 valence electrons. The van der Waals surface area contributed by atoms with Crippen LogP contribution in [0.3, 0.4) is 0 Å². The van der Waals surface area contributed by atoms with Crippen LogP contribution in [-0.2, 0) is 10.0 Å². The van der Waals surface area contributed by atoms with Crippen molar-refractivity contribution in [2.45, 2.75) is 4.90 Å². The lowest BCUT2D eigenvalue weighted by Crippen LogP contribution is -2.46. The first-order valence-electron chi connectivity index (χ1n) is 11.0. The molecule has 5 rings (SSSR count). The normalized spacial score (nSPS) is 15.4. The highest BCUT2D eigenvalue weighted by Gasteiger charge is 2.27. The third kappa shape index (κ3) is 4.45. The molecule has 3 heterocycles. The SMILES string of the molecule is CN1CCN(S(=O)(=O)c2ccc(NC(=O)c3ccn4cc(-c5ccccc5)nc4c3)cc2)CC1. The second-order valence-corrected chi connectivity index (χ2v) is 10.3. The molecule has 1 N–H and O–H groups in total. The van der Waals surface area contributed by atoms with E-state index in [1.165, 1.54) is 16.4 Å². The quantitative estimate of drug-likeness (QED) is 0.479. The fraction of sp³-hybridized carbons (Fsp3) is 0.200. The highest BCUT2D eigenvalue weighted by molar-refractivity contribution is 7.89. The van der Waals surface area contributed by atoms with Gasteiger partial charge < -0.3 is 14.6 Å². The Morgan fingerprint density at radius 2 is 1.65 bits per heavy atom. The maximum absolute atomic E-state index is 12.9. The van der Waals surface area contributed by atoms with Gasteiger partial charge in [-0.2, -0.15) is 4.31 Å². The Balaban J connectivity index is 1.30. The molecule has 2 aromatic carbocycles. The minimum atomic E-state index is -3.54. The molecule has 8 nitrogen and oxygen atoms in total. The van der Waals surface area contributed by atoms with Gasteiger partial charge in [0.1, 0.15) is 5.65 Å². The van der Waals surface area contributed by atoms with Crippen LogP contribution in [0.15, 0.2) is 84.0 Å². The molecule has 1 aliphatic heterocycles. The molecule has 0 radical (unpaired) electrons. The van der Waals surface area contributed by atoms with E-state index in [-0.39, 0.29) is 10.8 Å². The Morgan fingerprint density at radius 1 is 0.941 bits per heavy atom. The maximum Gasteiger partial charge on any atom is 0.255 e. The summed E-state index contributed by atoms with van der Waals surface area (Å²) in [4.78, 5) is 19.8. The molecule has 0 saturated carbocycles. The number of hydrogen-bond acceptors (Lipinski definition) is 5. The molecule has 9 heteroatoms. The fourth-order valence-corrected chi connectivity index (χ4v) is 5.38. The highest BCUT2D eigenvalue weighted by Crippen LogP contribution is 2.22. The predicted molar refractivity (Wildman–Crippen MR) is 131 cm³/mol. The van der Waals surface area contributed by atoms with Crippen molar-refractivity contribution in [1.82, 2.24) is 18.6 Å². The minimum Gasteiger partial charge on any atom is -0.322 e. The number of nitrogens with zero attached hydrogens (tertiary/aromatic N) is 4. The van der Waals surface area contributed by atoms with Gasteiger partial charge in [-0.3, -0.25) is 4.79 Å². The van der Waals surface area contributed by atoms with E-state index in [1.807, 2.05) is 48.0 Å². The number of benzene rings is 2. The summed E-state index contributed by atoms with van der Waals surface area (Å²) in [6.45, 7) is 2.36. The largest absolute Gasteiger partial charge is 0.322 e. The molecule has 1 amide bonds. The third-order valence-electron chi connectivity index (χ3n) is 6.00. The summed E-state index contributed by atoms with van der Waals surface area (Å²) in [5.74, 6) is -0.290. The second-order valence-electron chi connectivity index (χ2n) is 8.36. The van der Waals surface area contributed by atoms with Crippen molar-refractivity contribution < 1.29 is 13.2 Å². The lowest BCUT2D eigenvalue weighted by molar-refractivity contribution is 0.102. The number of carbonyl (C=O) groups is 1. The van der Waals surface area contributed by atoms with Crippen LogP contribution >= 0.6 is 0 Å². The molecule has 34 heavy (non-hydrogen) atoms. The topological polar surface area (TPSA) is 87.0 Å². The average Bonchev–Trinajstić information content (AvgIpc) is 3.29. The number of aromatic nitrogens is 2. The summed E-state index contributed by atoms with van der Waals surface area (Å²) in [5, 5.41) is 2.83. The van der Waals surface area contributed by atoms with E-state index in [0.29, 0.717) is 43.1 Å². The molecular weight excluding hydrogens is 450 g/mol. The van der Waals surface area contributed by atoms with Crippen molar-refractivity contribution in [3.8, 4) is 11.3 Å². The molecule has 1 saturated heterocycles. The van der Waals surface area contributed by atoms with Gasteiger partial charge in [0.25, 0.3) is 5.91 Å². The second kappa shape index (κ2) is 9.02. The molecule has 0 bridgehead atoms. The minimum absolute atomic E-state index is 0.224. The molecule has 2 aromatic heterocycles. The lowest BCUT2D eigenvalue weighted by atomic mass is 10.2. The number of piperazine rings is 1. The fourth-order valence-electron chi connectivity index (χ4n) is 3.96. The molecule has 0 spiro atoms. The van der Waals surface area contributed by atoms with Crippen LogP contribution < -0.4 is 5.32 Å². The van der Waals surface area contributed by atoms with E-state index in [9.17, 15) is 13.2 Å². The monoisotopic (exact) mass is 475 g/mol. The molecule has 0 atom stereocenters. The predicted octanol–water partition coefficient (Wildman–Crippen LogP) is 3.19. The Bertz CT molecular complexity index is 1420. The number of hydrogen-bond donors (Lipinski definition) is 1. The number of fused-ring (bicyclic) bond motifs is 1. The van der Waals surface area contributed by atoms with Crippen molar-refractivity contribution >= 4 is 27.3 Å². The summed E-state index contributed by atoms with van der Waals surface area (Å²) in [7, 11) is -1.56. The van der Waals surface area contributed by atoms with Crippen LogP contribution in [-0.4, -0.2) is 66.1 Å². The molecule has 1 aliphatic rings. The van der Waals surface area contributed by atoms with Crippen LogP contribution in [0.5, 0.6) is 0 Å². The van der Waals surface area contributed by atoms with Gasteiger partial charge in [0.15, 0.2) is 0 Å². The van der Waals surface area contributed by atoms with Crippen LogP contribution in [0.4, 0.5) is 5.69 Å². The summed E-state index contributed by atoms with van der Waals surface area (Å²) in [5.41, 5.74) is 3.49. The summed E-state index contributed by atoms with van der Waals surface area (Å²) >= 11 is 0. The van der Waals surface area contributed by atoms with Gasteiger partial charge >= 0.3 is 0 Å². The Kier molecular flexibility index (Phi) is 5.91. The van der Waals surface area contributed by atoms with Gasteiger partial charge in [0.05, 0.1) is 10.6 Å². The van der Waals surface area contributed by atoms with E-state index in [2.05, 4.69) is 15.2 Å². The van der Waals surface area contributed by atoms with Gasteiger partial charge in [-0.05, 0) is 43.4 Å². The van der Waals surface area contributed by atoms with Gasteiger partial charge in [0.2, 0.25) is 10.0 Å². The number of sulfonamides is 1. The average molecular weight is 476 g/mol. The number of likely N-dealkylation sites (N-methyl/N-ethyl adjacent to an activating group) is 1. The number of nitrogens with one attached hydrogen (secondary N) is 1. The highest BCUT2D eigenvalue weighted by atomic mass is 32.2. The van der Waals surface area contributed by atoms with Gasteiger partial charge in [-0.1, -0.05) is 30.3 Å². The van der Waals surface area contributed by atoms with Crippen molar-refractivity contribution in [3.63, 3.8) is 0 Å². The number of carbonyl (C=O) groups excluding carboxylic acids is 1. The van der Waals surface area contributed by atoms with Crippen molar-refractivity contribution in [1.29, 1.82) is 0 Å². The van der Waals surface area contributed by atoms with E-state index in [4.69, 9.17) is 0 Å². The zero-order chi connectivity index (χ0) is 23.7. The number of pyridine rings is 1. The van der Waals surface area contributed by atoms with Gasteiger partial charge in [0, 0.05) is 55.4 Å². The van der Waals surface area contributed by atoms with Crippen LogP contribution in [0.2, 0.25) is 0 Å². The Morgan fingerprint density at radius 3 is 2.35 bits per heavy atom. The van der Waals surface area contributed by atoms with Crippen molar-refractivity contribution in [3.05, 3.63) is 84.7 Å². The lowest BCUT2D eigenvalue weighted by Gasteiger charge is -2.31. The maximum atomic E-state index is 12.9. The van der Waals surface area contributed by atoms with E-state index < -0.39 is 10.0 Å². The van der Waals surface area contributed by atoms with Crippen molar-refractivity contribution in [2.75, 3.05) is 38.5 Å². The zero-order valence-electron chi connectivity index (χ0n) is 18.8. The number of amides is 1. The summed E-state index contributed by atoms with van der Waals surface area (Å²) in [6, 6.07) is 19.6. The standard InChI is InChI=1S/C25H25N5O3S/c1-28-13-15-30(16-14-28)34(32,33)22-9-7-21(8-10-22)26-25(31)20-11-12-29-18-23(27-24(29)17-20)19-5-3-2-4-6-19/h2-12,17-18H,13-16H2,1H3,(H,26,31). The molecule has 0 unspecified atom stereocenters. The van der Waals surface area contributed by atoms with Gasteiger partial charge in [-0.25, -0.2) is 13.4 Å². The molecule has 1 fully saturated rings. The number of imidazole rings is 1. The Hall–Kier alpha value is -3.53. The van der Waals surface area contributed by atoms with Crippen LogP contribution in [0.1, 0.15) is 10.4 Å². The first kappa shape index (κ1) is 22.3. The molecule has 0 aliphatic carbocycles. The zero-order valence-corrected chi connectivity index (χ0v) is 19.6. The first-order chi connectivity index (χ1) is 16.4. The van der Waals surface area contributed by atoms with E-state index >= 15 is 0 Å². The number of anilines is 1.